The zero-order valence-electron chi connectivity index (χ0n) is 16.5. The summed E-state index contributed by atoms with van der Waals surface area (Å²) in [6.07, 6.45) is 4.13. The summed E-state index contributed by atoms with van der Waals surface area (Å²) in [6, 6.07) is 20.3. The lowest BCUT2D eigenvalue weighted by Gasteiger charge is -2.14. The van der Waals surface area contributed by atoms with E-state index in [4.69, 9.17) is 9.47 Å². The Morgan fingerprint density at radius 2 is 1.33 bits per heavy atom. The first-order valence-electron chi connectivity index (χ1n) is 9.19. The van der Waals surface area contributed by atoms with Crippen molar-refractivity contribution in [3.63, 3.8) is 0 Å². The van der Waals surface area contributed by atoms with Crippen LogP contribution in [0.15, 0.2) is 90.3 Å². The number of hydrogen-bond donors (Lipinski definition) is 0. The highest BCUT2D eigenvalue weighted by Crippen LogP contribution is 2.36. The molecule has 0 radical (unpaired) electrons. The van der Waals surface area contributed by atoms with E-state index in [2.05, 4.69) is 4.98 Å². The fourth-order valence-electron chi connectivity index (χ4n) is 3.23. The summed E-state index contributed by atoms with van der Waals surface area (Å²) < 4.78 is 37.6. The molecule has 0 N–H and O–H groups in total. The van der Waals surface area contributed by atoms with Gasteiger partial charge in [0.15, 0.2) is 0 Å². The van der Waals surface area contributed by atoms with Crippen molar-refractivity contribution in [2.24, 2.45) is 0 Å². The average Bonchev–Trinajstić information content (AvgIpc) is 3.35. The van der Waals surface area contributed by atoms with Gasteiger partial charge in [-0.15, -0.1) is 0 Å². The van der Waals surface area contributed by atoms with Crippen molar-refractivity contribution in [3.05, 3.63) is 85.5 Å². The van der Waals surface area contributed by atoms with Gasteiger partial charge in [0.25, 0.3) is 10.0 Å². The number of hydrogen-bond acceptors (Lipinski definition) is 5. The molecule has 6 nitrogen and oxygen atoms in total. The predicted octanol–water partition coefficient (Wildman–Crippen LogP) is 4.47. The summed E-state index contributed by atoms with van der Waals surface area (Å²) in [5, 5.41) is 0. The van der Waals surface area contributed by atoms with Crippen LogP contribution in [-0.4, -0.2) is 31.6 Å². The number of benzene rings is 3. The Bertz CT molecular complexity index is 1250. The first-order valence-corrected chi connectivity index (χ1v) is 10.6. The third-order valence-electron chi connectivity index (χ3n) is 4.85. The fourth-order valence-corrected chi connectivity index (χ4v) is 4.37. The van der Waals surface area contributed by atoms with E-state index in [9.17, 15) is 8.42 Å². The lowest BCUT2D eigenvalue weighted by Crippen LogP contribution is -2.11. The molecule has 0 saturated carbocycles. The van der Waals surface area contributed by atoms with Crippen LogP contribution < -0.4 is 9.47 Å². The standard InChI is InChI=1S/C23H20N2O4S/c1-28-19-7-3-17(4-8-19)22-12-11-21(30(26,27)25-14-13-24-16-25)15-23(22)18-5-9-20(29-2)10-6-18/h3-16H,1-2H3. The smallest absolute Gasteiger partial charge is 0.268 e. The largest absolute Gasteiger partial charge is 0.497 e. The maximum absolute atomic E-state index is 13.0. The maximum atomic E-state index is 13.0. The predicted molar refractivity (Wildman–Crippen MR) is 115 cm³/mol. The quantitative estimate of drug-likeness (QED) is 0.460. The van der Waals surface area contributed by atoms with Crippen LogP contribution in [0.2, 0.25) is 0 Å². The number of ether oxygens (including phenoxy) is 2. The molecular weight excluding hydrogens is 400 g/mol. The minimum Gasteiger partial charge on any atom is -0.497 e. The molecule has 0 aliphatic carbocycles. The van der Waals surface area contributed by atoms with Crippen LogP contribution >= 0.6 is 0 Å². The number of methoxy groups -OCH3 is 2. The van der Waals surface area contributed by atoms with Gasteiger partial charge in [-0.05, 0) is 58.7 Å². The van der Waals surface area contributed by atoms with Crippen molar-refractivity contribution in [1.82, 2.24) is 8.96 Å². The summed E-state index contributed by atoms with van der Waals surface area (Å²) in [5.41, 5.74) is 3.54. The van der Waals surface area contributed by atoms with Gasteiger partial charge in [0.2, 0.25) is 0 Å². The minimum absolute atomic E-state index is 0.184. The molecule has 7 heteroatoms. The van der Waals surface area contributed by atoms with Gasteiger partial charge in [-0.2, -0.15) is 0 Å². The Hall–Kier alpha value is -3.58. The van der Waals surface area contributed by atoms with Gasteiger partial charge in [-0.1, -0.05) is 30.3 Å². The van der Waals surface area contributed by atoms with Gasteiger partial charge >= 0.3 is 0 Å². The molecule has 0 amide bonds. The van der Waals surface area contributed by atoms with Crippen LogP contribution in [0.25, 0.3) is 22.3 Å². The van der Waals surface area contributed by atoms with E-state index in [0.717, 1.165) is 37.7 Å². The molecule has 0 aliphatic heterocycles. The van der Waals surface area contributed by atoms with E-state index in [1.54, 1.807) is 26.4 Å². The Labute approximate surface area is 175 Å². The molecule has 3 aromatic carbocycles. The zero-order valence-corrected chi connectivity index (χ0v) is 17.3. The van der Waals surface area contributed by atoms with E-state index in [1.165, 1.54) is 18.7 Å². The zero-order chi connectivity index (χ0) is 21.1. The monoisotopic (exact) mass is 420 g/mol. The van der Waals surface area contributed by atoms with Crippen LogP contribution in [0.1, 0.15) is 0 Å². The van der Waals surface area contributed by atoms with E-state index in [0.29, 0.717) is 0 Å². The summed E-state index contributed by atoms with van der Waals surface area (Å²) in [7, 11) is -0.513. The molecule has 0 aliphatic rings. The molecule has 0 fully saturated rings. The van der Waals surface area contributed by atoms with Crippen molar-refractivity contribution >= 4 is 10.0 Å². The summed E-state index contributed by atoms with van der Waals surface area (Å²) in [5.74, 6) is 1.48. The summed E-state index contributed by atoms with van der Waals surface area (Å²) in [6.45, 7) is 0. The molecule has 0 saturated heterocycles. The first-order chi connectivity index (χ1) is 14.5. The Morgan fingerprint density at radius 1 is 0.767 bits per heavy atom. The summed E-state index contributed by atoms with van der Waals surface area (Å²) in [4.78, 5) is 4.04. The first kappa shape index (κ1) is 19.7. The van der Waals surface area contributed by atoms with Crippen LogP contribution in [0.5, 0.6) is 11.5 Å². The van der Waals surface area contributed by atoms with Crippen molar-refractivity contribution in [3.8, 4) is 33.8 Å². The second-order valence-electron chi connectivity index (χ2n) is 6.56. The average molecular weight is 420 g/mol. The van der Waals surface area contributed by atoms with Crippen LogP contribution in [-0.2, 0) is 10.0 Å². The lowest BCUT2D eigenvalue weighted by molar-refractivity contribution is 0.414. The highest BCUT2D eigenvalue weighted by atomic mass is 32.2. The molecule has 1 heterocycles. The van der Waals surface area contributed by atoms with E-state index >= 15 is 0 Å². The second-order valence-corrected chi connectivity index (χ2v) is 8.41. The van der Waals surface area contributed by atoms with Gasteiger partial charge in [0.05, 0.1) is 19.1 Å². The van der Waals surface area contributed by atoms with Crippen molar-refractivity contribution in [2.45, 2.75) is 4.90 Å². The van der Waals surface area contributed by atoms with Crippen LogP contribution in [0.3, 0.4) is 0 Å². The number of nitrogens with zero attached hydrogens (tertiary/aromatic N) is 2. The third-order valence-corrected chi connectivity index (χ3v) is 6.47. The SMILES string of the molecule is COc1ccc(-c2ccc(S(=O)(=O)n3ccnc3)cc2-c2ccc(OC)cc2)cc1. The Morgan fingerprint density at radius 3 is 1.83 bits per heavy atom. The lowest BCUT2D eigenvalue weighted by atomic mass is 9.94. The summed E-state index contributed by atoms with van der Waals surface area (Å²) >= 11 is 0. The van der Waals surface area contributed by atoms with Gasteiger partial charge in [-0.3, -0.25) is 0 Å². The minimum atomic E-state index is -3.74. The topological polar surface area (TPSA) is 70.4 Å². The normalized spacial score (nSPS) is 11.3. The molecule has 0 bridgehead atoms. The number of aromatic nitrogens is 2. The van der Waals surface area contributed by atoms with Crippen molar-refractivity contribution in [1.29, 1.82) is 0 Å². The van der Waals surface area contributed by atoms with Crippen LogP contribution in [0.4, 0.5) is 0 Å². The fraction of sp³-hybridized carbons (Fsp3) is 0.0870. The molecule has 0 spiro atoms. The van der Waals surface area contributed by atoms with Crippen LogP contribution in [0, 0.1) is 0 Å². The highest BCUT2D eigenvalue weighted by molar-refractivity contribution is 7.90. The van der Waals surface area contributed by atoms with E-state index < -0.39 is 10.0 Å². The molecule has 1 aromatic heterocycles. The maximum Gasteiger partial charge on any atom is 0.268 e. The molecule has 4 aromatic rings. The highest BCUT2D eigenvalue weighted by Gasteiger charge is 2.19. The van der Waals surface area contributed by atoms with Gasteiger partial charge in [0, 0.05) is 12.4 Å². The van der Waals surface area contributed by atoms with Gasteiger partial charge < -0.3 is 9.47 Å². The van der Waals surface area contributed by atoms with Gasteiger partial charge in [-0.25, -0.2) is 17.4 Å². The Balaban J connectivity index is 1.89. The number of imidazole rings is 1. The second kappa shape index (κ2) is 8.04. The number of rotatable bonds is 6. The molecule has 0 atom stereocenters. The van der Waals surface area contributed by atoms with Gasteiger partial charge in [0.1, 0.15) is 17.8 Å². The molecule has 30 heavy (non-hydrogen) atoms. The van der Waals surface area contributed by atoms with Crippen molar-refractivity contribution in [2.75, 3.05) is 14.2 Å². The molecule has 152 valence electrons. The van der Waals surface area contributed by atoms with E-state index in [-0.39, 0.29) is 4.90 Å². The molecule has 0 unspecified atom stereocenters. The van der Waals surface area contributed by atoms with E-state index in [1.807, 2.05) is 54.6 Å². The Kier molecular flexibility index (Phi) is 5.29. The van der Waals surface area contributed by atoms with Crippen molar-refractivity contribution < 1.29 is 17.9 Å². The molecule has 4 rings (SSSR count). The molecular formula is C23H20N2O4S. The third kappa shape index (κ3) is 3.67.